The Morgan fingerprint density at radius 1 is 0.756 bits per heavy atom. The minimum Gasteiger partial charge on any atom is -0.474 e. The first-order chi connectivity index (χ1) is 19.6. The zero-order valence-electron chi connectivity index (χ0n) is 22.4. The summed E-state index contributed by atoms with van der Waals surface area (Å²) >= 11 is 0. The highest BCUT2D eigenvalue weighted by Crippen LogP contribution is 2.29. The highest BCUT2D eigenvalue weighted by molar-refractivity contribution is 6.31. The molecule has 0 radical (unpaired) electrons. The van der Waals surface area contributed by atoms with Crippen LogP contribution in [0.2, 0.25) is 0 Å². The molecule has 4 aromatic rings. The predicted octanol–water partition coefficient (Wildman–Crippen LogP) is 7.34. The lowest BCUT2D eigenvalue weighted by molar-refractivity contribution is -0.156. The van der Waals surface area contributed by atoms with Crippen molar-refractivity contribution < 1.29 is 27.9 Å². The Hall–Kier alpha value is -4.83. The van der Waals surface area contributed by atoms with E-state index in [1.807, 2.05) is 18.2 Å². The first-order valence-electron chi connectivity index (χ1n) is 13.1. The van der Waals surface area contributed by atoms with Gasteiger partial charge in [-0.15, -0.1) is 0 Å². The number of benzene rings is 4. The Morgan fingerprint density at radius 3 is 1.78 bits per heavy atom. The first-order valence-corrected chi connectivity index (χ1v) is 13.1. The number of amides is 1. The Morgan fingerprint density at radius 2 is 1.27 bits per heavy atom. The van der Waals surface area contributed by atoms with Gasteiger partial charge in [0.1, 0.15) is 0 Å². The molecule has 0 spiro atoms. The molecule has 0 atom stereocenters. The zero-order valence-corrected chi connectivity index (χ0v) is 22.4. The summed E-state index contributed by atoms with van der Waals surface area (Å²) < 4.78 is 38.6. The van der Waals surface area contributed by atoms with Crippen LogP contribution in [-0.4, -0.2) is 21.9 Å². The van der Waals surface area contributed by atoms with Crippen LogP contribution in [-0.2, 0) is 35.3 Å². The van der Waals surface area contributed by atoms with Crippen LogP contribution in [0.4, 0.5) is 13.2 Å². The van der Waals surface area contributed by atoms with Crippen LogP contribution in [0.15, 0.2) is 97.1 Å². The van der Waals surface area contributed by atoms with E-state index in [4.69, 9.17) is 0 Å². The van der Waals surface area contributed by atoms with Gasteiger partial charge in [-0.3, -0.25) is 4.79 Å². The molecule has 0 heterocycles. The summed E-state index contributed by atoms with van der Waals surface area (Å²) in [5.74, 6) is 3.48. The lowest BCUT2D eigenvalue weighted by atomic mass is 9.96. The molecule has 0 unspecified atom stereocenters. The average molecular weight is 556 g/mol. The topological polar surface area (TPSA) is 57.6 Å². The van der Waals surface area contributed by atoms with E-state index < -0.39 is 23.6 Å². The maximum absolute atomic E-state index is 12.9. The fourth-order valence-corrected chi connectivity index (χ4v) is 4.43. The smallest absolute Gasteiger partial charge is 0.416 e. The van der Waals surface area contributed by atoms with Crippen molar-refractivity contribution in [3.8, 4) is 23.0 Å². The standard InChI is InChI=1S/C34H28F3NO3/c1-2-5-28-6-3-4-7-31(28)29-18-14-25(15-19-29)9-8-24-10-12-26(13-11-24)22-38(32(39)33(40)41)23-27-16-20-30(21-17-27)34(35,36)37/h3-4,6-7,10-21H,2,5,22-23H2,1H3,(H,40,41). The first kappa shape index (κ1) is 29.2. The lowest BCUT2D eigenvalue weighted by Crippen LogP contribution is -2.35. The van der Waals surface area contributed by atoms with Crippen LogP contribution in [0.25, 0.3) is 11.1 Å². The largest absolute Gasteiger partial charge is 0.474 e. The Bertz CT molecular complexity index is 1560. The van der Waals surface area contributed by atoms with E-state index in [1.54, 1.807) is 24.3 Å². The summed E-state index contributed by atoms with van der Waals surface area (Å²) in [4.78, 5) is 24.7. The SMILES string of the molecule is CCCc1ccccc1-c1ccc(C#Cc2ccc(CN(Cc3ccc(C(F)(F)F)cc3)C(=O)C(=O)O)cc2)cc1. The molecule has 0 saturated carbocycles. The number of nitrogens with zero attached hydrogens (tertiary/aromatic N) is 1. The quantitative estimate of drug-likeness (QED) is 0.192. The number of carboxylic acid groups (broad SMARTS) is 1. The van der Waals surface area contributed by atoms with E-state index in [0.29, 0.717) is 11.1 Å². The van der Waals surface area contributed by atoms with Crippen LogP contribution in [0.5, 0.6) is 0 Å². The van der Waals surface area contributed by atoms with Gasteiger partial charge in [0.15, 0.2) is 0 Å². The molecule has 0 saturated heterocycles. The molecule has 41 heavy (non-hydrogen) atoms. The van der Waals surface area contributed by atoms with Crippen molar-refractivity contribution >= 4 is 11.9 Å². The van der Waals surface area contributed by atoms with Gasteiger partial charge in [-0.25, -0.2) is 4.79 Å². The van der Waals surface area contributed by atoms with Crippen molar-refractivity contribution in [2.45, 2.75) is 39.0 Å². The molecule has 0 aromatic heterocycles. The molecule has 208 valence electrons. The molecule has 1 amide bonds. The zero-order chi connectivity index (χ0) is 29.4. The summed E-state index contributed by atoms with van der Waals surface area (Å²) in [6.07, 6.45) is -2.39. The molecule has 0 aliphatic carbocycles. The third-order valence-electron chi connectivity index (χ3n) is 6.54. The molecule has 7 heteroatoms. The maximum atomic E-state index is 12.9. The van der Waals surface area contributed by atoms with E-state index in [1.165, 1.54) is 23.3 Å². The number of alkyl halides is 3. The normalized spacial score (nSPS) is 10.9. The van der Waals surface area contributed by atoms with E-state index in [0.717, 1.165) is 46.6 Å². The van der Waals surface area contributed by atoms with Crippen molar-refractivity contribution in [1.82, 2.24) is 4.90 Å². The van der Waals surface area contributed by atoms with Gasteiger partial charge in [0, 0.05) is 24.2 Å². The van der Waals surface area contributed by atoms with Gasteiger partial charge >= 0.3 is 18.1 Å². The van der Waals surface area contributed by atoms with Crippen LogP contribution in [0.3, 0.4) is 0 Å². The predicted molar refractivity (Wildman–Crippen MR) is 152 cm³/mol. The second-order valence-corrected chi connectivity index (χ2v) is 9.59. The number of halogens is 3. The third-order valence-corrected chi connectivity index (χ3v) is 6.54. The Kier molecular flexibility index (Phi) is 9.26. The average Bonchev–Trinajstić information content (AvgIpc) is 2.96. The van der Waals surface area contributed by atoms with Gasteiger partial charge in [0.05, 0.1) is 5.56 Å². The summed E-state index contributed by atoms with van der Waals surface area (Å²) in [5.41, 5.74) is 5.51. The third kappa shape index (κ3) is 7.86. The monoisotopic (exact) mass is 555 g/mol. The van der Waals surface area contributed by atoms with E-state index >= 15 is 0 Å². The van der Waals surface area contributed by atoms with Crippen molar-refractivity contribution in [3.63, 3.8) is 0 Å². The molecular weight excluding hydrogens is 527 g/mol. The second kappa shape index (κ2) is 13.0. The van der Waals surface area contributed by atoms with Crippen molar-refractivity contribution in [1.29, 1.82) is 0 Å². The molecule has 1 N–H and O–H groups in total. The van der Waals surface area contributed by atoms with Gasteiger partial charge in [0.2, 0.25) is 0 Å². The molecule has 0 aliphatic rings. The van der Waals surface area contributed by atoms with Gasteiger partial charge in [0.25, 0.3) is 0 Å². The van der Waals surface area contributed by atoms with Crippen LogP contribution < -0.4 is 0 Å². The van der Waals surface area contributed by atoms with Gasteiger partial charge in [-0.1, -0.05) is 85.8 Å². The molecule has 4 nitrogen and oxygen atoms in total. The number of aryl methyl sites for hydroxylation is 1. The van der Waals surface area contributed by atoms with Crippen molar-refractivity contribution in [3.05, 3.63) is 130 Å². The number of rotatable bonds is 7. The molecule has 4 aromatic carbocycles. The maximum Gasteiger partial charge on any atom is 0.416 e. The second-order valence-electron chi connectivity index (χ2n) is 9.59. The van der Waals surface area contributed by atoms with Gasteiger partial charge < -0.3 is 10.0 Å². The highest BCUT2D eigenvalue weighted by Gasteiger charge is 2.30. The molecule has 4 rings (SSSR count). The van der Waals surface area contributed by atoms with Gasteiger partial charge in [-0.2, -0.15) is 13.2 Å². The fourth-order valence-electron chi connectivity index (χ4n) is 4.43. The molecule has 0 fully saturated rings. The number of carbonyl (C=O) groups is 2. The summed E-state index contributed by atoms with van der Waals surface area (Å²) in [6.45, 7) is 1.99. The number of hydrogen-bond acceptors (Lipinski definition) is 2. The molecular formula is C34H28F3NO3. The minimum absolute atomic E-state index is 0.0270. The molecule has 0 bridgehead atoms. The number of carboxylic acids is 1. The minimum atomic E-state index is -4.48. The molecule has 0 aliphatic heterocycles. The van der Waals surface area contributed by atoms with E-state index in [9.17, 15) is 27.9 Å². The Labute approximate surface area is 237 Å². The van der Waals surface area contributed by atoms with E-state index in [-0.39, 0.29) is 13.1 Å². The number of carbonyl (C=O) groups excluding carboxylic acids is 1. The lowest BCUT2D eigenvalue weighted by Gasteiger charge is -2.21. The fraction of sp³-hybridized carbons (Fsp3) is 0.176. The van der Waals surface area contributed by atoms with Crippen molar-refractivity contribution in [2.75, 3.05) is 0 Å². The summed E-state index contributed by atoms with van der Waals surface area (Å²) in [6, 6.07) is 27.8. The van der Waals surface area contributed by atoms with E-state index in [2.05, 4.69) is 49.1 Å². The number of aliphatic carboxylic acids is 1. The van der Waals surface area contributed by atoms with Crippen molar-refractivity contribution in [2.24, 2.45) is 0 Å². The van der Waals surface area contributed by atoms with Gasteiger partial charge in [-0.05, 0) is 70.6 Å². The Balaban J connectivity index is 1.44. The summed E-state index contributed by atoms with van der Waals surface area (Å²) in [7, 11) is 0. The summed E-state index contributed by atoms with van der Waals surface area (Å²) in [5, 5.41) is 9.24. The highest BCUT2D eigenvalue weighted by atomic mass is 19.4. The van der Waals surface area contributed by atoms with Crippen LogP contribution >= 0.6 is 0 Å². The van der Waals surface area contributed by atoms with Crippen LogP contribution in [0.1, 0.15) is 46.7 Å². The van der Waals surface area contributed by atoms with Crippen LogP contribution in [0, 0.1) is 11.8 Å². The number of hydrogen-bond donors (Lipinski definition) is 1.